The highest BCUT2D eigenvalue weighted by Crippen LogP contribution is 2.17. The Balaban J connectivity index is 1.89. The third-order valence-electron chi connectivity index (χ3n) is 3.92. The summed E-state index contributed by atoms with van der Waals surface area (Å²) in [4.78, 5) is 19.0. The van der Waals surface area contributed by atoms with Gasteiger partial charge in [0.1, 0.15) is 5.76 Å². The highest BCUT2D eigenvalue weighted by atomic mass is 16.3. The van der Waals surface area contributed by atoms with Gasteiger partial charge in [0, 0.05) is 24.5 Å². The van der Waals surface area contributed by atoms with Gasteiger partial charge in [0.15, 0.2) is 0 Å². The summed E-state index contributed by atoms with van der Waals surface area (Å²) >= 11 is 0. The van der Waals surface area contributed by atoms with E-state index in [1.54, 1.807) is 23.6 Å². The number of hydrogen-bond donors (Lipinski definition) is 0. The Kier molecular flexibility index (Phi) is 4.75. The minimum atomic E-state index is -0.00671. The van der Waals surface area contributed by atoms with Gasteiger partial charge in [0.2, 0.25) is 0 Å². The summed E-state index contributed by atoms with van der Waals surface area (Å²) in [6.45, 7) is 4.90. The molecule has 3 aromatic rings. The molecule has 4 heteroatoms. The van der Waals surface area contributed by atoms with E-state index in [4.69, 9.17) is 4.42 Å². The van der Waals surface area contributed by atoms with Gasteiger partial charge in [-0.2, -0.15) is 0 Å². The second-order valence-electron chi connectivity index (χ2n) is 5.92. The Bertz CT molecular complexity index is 811. The van der Waals surface area contributed by atoms with Gasteiger partial charge in [-0.05, 0) is 49.2 Å². The summed E-state index contributed by atoms with van der Waals surface area (Å²) < 4.78 is 5.43. The summed E-state index contributed by atoms with van der Waals surface area (Å²) in [5, 5.41) is 0. The second-order valence-corrected chi connectivity index (χ2v) is 5.92. The average Bonchev–Trinajstić information content (AvgIpc) is 3.08. The number of aryl methyl sites for hydroxylation is 2. The van der Waals surface area contributed by atoms with Crippen LogP contribution < -0.4 is 0 Å². The van der Waals surface area contributed by atoms with Crippen LogP contribution in [0.4, 0.5) is 0 Å². The van der Waals surface area contributed by atoms with Crippen molar-refractivity contribution in [2.75, 3.05) is 0 Å². The maximum absolute atomic E-state index is 13.1. The molecule has 0 aliphatic heterocycles. The van der Waals surface area contributed by atoms with Crippen LogP contribution >= 0.6 is 0 Å². The van der Waals surface area contributed by atoms with Crippen LogP contribution in [-0.4, -0.2) is 15.8 Å². The minimum absolute atomic E-state index is 0.00671. The van der Waals surface area contributed by atoms with E-state index < -0.39 is 0 Å². The normalized spacial score (nSPS) is 10.6. The third-order valence-corrected chi connectivity index (χ3v) is 3.92. The highest BCUT2D eigenvalue weighted by molar-refractivity contribution is 5.95. The van der Waals surface area contributed by atoms with E-state index in [2.05, 4.69) is 4.98 Å². The molecule has 2 heterocycles. The first-order chi connectivity index (χ1) is 11.6. The molecule has 0 radical (unpaired) electrons. The van der Waals surface area contributed by atoms with Crippen molar-refractivity contribution < 1.29 is 9.21 Å². The number of amides is 1. The lowest BCUT2D eigenvalue weighted by Gasteiger charge is -2.23. The summed E-state index contributed by atoms with van der Waals surface area (Å²) in [5.74, 6) is 0.754. The predicted molar refractivity (Wildman–Crippen MR) is 92.4 cm³/mol. The predicted octanol–water partition coefficient (Wildman–Crippen LogP) is 4.13. The largest absolute Gasteiger partial charge is 0.467 e. The highest BCUT2D eigenvalue weighted by Gasteiger charge is 2.19. The van der Waals surface area contributed by atoms with E-state index in [0.717, 1.165) is 28.0 Å². The fourth-order valence-corrected chi connectivity index (χ4v) is 2.73. The van der Waals surface area contributed by atoms with Crippen molar-refractivity contribution in [2.45, 2.75) is 26.9 Å². The standard InChI is InChI=1S/C20H20N2O2/c1-15-7-8-19(16(2)11-15)20(23)22(14-18-6-4-10-24-18)13-17-5-3-9-21-12-17/h3-12H,13-14H2,1-2H3. The van der Waals surface area contributed by atoms with Gasteiger partial charge in [-0.25, -0.2) is 0 Å². The first-order valence-electron chi connectivity index (χ1n) is 7.91. The van der Waals surface area contributed by atoms with E-state index in [0.29, 0.717) is 13.1 Å². The van der Waals surface area contributed by atoms with E-state index >= 15 is 0 Å². The summed E-state index contributed by atoms with van der Waals surface area (Å²) in [7, 11) is 0. The van der Waals surface area contributed by atoms with E-state index in [-0.39, 0.29) is 5.91 Å². The van der Waals surface area contributed by atoms with Crippen molar-refractivity contribution in [3.8, 4) is 0 Å². The van der Waals surface area contributed by atoms with Crippen molar-refractivity contribution in [3.05, 3.63) is 89.1 Å². The Morgan fingerprint density at radius 2 is 2.00 bits per heavy atom. The van der Waals surface area contributed by atoms with Crippen molar-refractivity contribution in [1.82, 2.24) is 9.88 Å². The van der Waals surface area contributed by atoms with Crippen LogP contribution in [0.2, 0.25) is 0 Å². The molecule has 122 valence electrons. The topological polar surface area (TPSA) is 46.3 Å². The Morgan fingerprint density at radius 3 is 2.67 bits per heavy atom. The fourth-order valence-electron chi connectivity index (χ4n) is 2.73. The zero-order chi connectivity index (χ0) is 16.9. The molecule has 0 saturated carbocycles. The van der Waals surface area contributed by atoms with Gasteiger partial charge in [-0.3, -0.25) is 9.78 Å². The maximum Gasteiger partial charge on any atom is 0.254 e. The van der Waals surface area contributed by atoms with E-state index in [9.17, 15) is 4.79 Å². The number of aromatic nitrogens is 1. The van der Waals surface area contributed by atoms with E-state index in [1.807, 2.05) is 56.3 Å². The van der Waals surface area contributed by atoms with Crippen LogP contribution in [-0.2, 0) is 13.1 Å². The van der Waals surface area contributed by atoms with Crippen LogP contribution in [0.3, 0.4) is 0 Å². The number of hydrogen-bond acceptors (Lipinski definition) is 3. The van der Waals surface area contributed by atoms with Gasteiger partial charge in [-0.15, -0.1) is 0 Å². The first kappa shape index (κ1) is 16.0. The molecule has 0 atom stereocenters. The number of carbonyl (C=O) groups is 1. The average molecular weight is 320 g/mol. The number of furan rings is 1. The molecule has 0 bridgehead atoms. The molecule has 0 N–H and O–H groups in total. The lowest BCUT2D eigenvalue weighted by molar-refractivity contribution is 0.0717. The molecule has 3 rings (SSSR count). The van der Waals surface area contributed by atoms with Crippen molar-refractivity contribution in [3.63, 3.8) is 0 Å². The molecule has 1 amide bonds. The number of benzene rings is 1. The summed E-state index contributed by atoms with van der Waals surface area (Å²) in [6, 6.07) is 13.5. The van der Waals surface area contributed by atoms with Crippen LogP contribution in [0.15, 0.2) is 65.5 Å². The van der Waals surface area contributed by atoms with Crippen LogP contribution in [0, 0.1) is 13.8 Å². The molecule has 0 fully saturated rings. The lowest BCUT2D eigenvalue weighted by atomic mass is 10.0. The molecule has 0 unspecified atom stereocenters. The number of carbonyl (C=O) groups excluding carboxylic acids is 1. The monoisotopic (exact) mass is 320 g/mol. The SMILES string of the molecule is Cc1ccc(C(=O)N(Cc2cccnc2)Cc2ccco2)c(C)c1. The number of nitrogens with zero attached hydrogens (tertiary/aromatic N) is 2. The van der Waals surface area contributed by atoms with Gasteiger partial charge < -0.3 is 9.32 Å². The van der Waals surface area contributed by atoms with Crippen molar-refractivity contribution >= 4 is 5.91 Å². The fraction of sp³-hybridized carbons (Fsp3) is 0.200. The molecule has 0 aliphatic rings. The summed E-state index contributed by atoms with van der Waals surface area (Å²) in [5.41, 5.74) is 3.84. The van der Waals surface area contributed by atoms with Crippen molar-refractivity contribution in [2.24, 2.45) is 0 Å². The molecule has 0 saturated heterocycles. The third kappa shape index (κ3) is 3.71. The maximum atomic E-state index is 13.1. The van der Waals surface area contributed by atoms with Gasteiger partial charge in [0.25, 0.3) is 5.91 Å². The molecule has 24 heavy (non-hydrogen) atoms. The molecule has 0 spiro atoms. The Hall–Kier alpha value is -2.88. The van der Waals surface area contributed by atoms with Crippen molar-refractivity contribution in [1.29, 1.82) is 0 Å². The second kappa shape index (κ2) is 7.13. The smallest absolute Gasteiger partial charge is 0.254 e. The molecule has 2 aromatic heterocycles. The number of rotatable bonds is 5. The van der Waals surface area contributed by atoms with E-state index in [1.165, 1.54) is 0 Å². The van der Waals surface area contributed by atoms with Crippen LogP contribution in [0.5, 0.6) is 0 Å². The molecular weight excluding hydrogens is 300 g/mol. The molecule has 1 aromatic carbocycles. The van der Waals surface area contributed by atoms with Gasteiger partial charge >= 0.3 is 0 Å². The number of pyridine rings is 1. The van der Waals surface area contributed by atoms with Gasteiger partial charge in [-0.1, -0.05) is 23.8 Å². The van der Waals surface area contributed by atoms with Gasteiger partial charge in [0.05, 0.1) is 12.8 Å². The molecular formula is C20H20N2O2. The molecule has 0 aliphatic carbocycles. The summed E-state index contributed by atoms with van der Waals surface area (Å²) in [6.07, 6.45) is 5.13. The Labute approximate surface area is 141 Å². The van der Waals surface area contributed by atoms with Crippen LogP contribution in [0.1, 0.15) is 32.8 Å². The zero-order valence-corrected chi connectivity index (χ0v) is 13.9. The Morgan fingerprint density at radius 1 is 1.12 bits per heavy atom. The minimum Gasteiger partial charge on any atom is -0.467 e. The molecule has 4 nitrogen and oxygen atoms in total. The zero-order valence-electron chi connectivity index (χ0n) is 13.9. The lowest BCUT2D eigenvalue weighted by Crippen LogP contribution is -2.30. The first-order valence-corrected chi connectivity index (χ1v) is 7.91. The quantitative estimate of drug-likeness (QED) is 0.710. The van der Waals surface area contributed by atoms with Crippen LogP contribution in [0.25, 0.3) is 0 Å².